The number of nitrogens with one attached hydrogen (secondary N) is 1. The molecule has 0 fully saturated rings. The summed E-state index contributed by atoms with van der Waals surface area (Å²) in [6.45, 7) is 1.74. The summed E-state index contributed by atoms with van der Waals surface area (Å²) < 4.78 is 13.5. The molecule has 1 N–H and O–H groups in total. The maximum Gasteiger partial charge on any atom is 0.251 e. The first-order valence-electron chi connectivity index (χ1n) is 5.19. The number of aryl methyl sites for hydroxylation is 1. The zero-order chi connectivity index (χ0) is 13.1. The summed E-state index contributed by atoms with van der Waals surface area (Å²) in [5.74, 6) is 0.0278. The number of halogens is 2. The quantitative estimate of drug-likeness (QED) is 0.695. The van der Waals surface area contributed by atoms with Gasteiger partial charge in [-0.05, 0) is 24.6 Å². The topological polar surface area (TPSA) is 45.8 Å². The van der Waals surface area contributed by atoms with Gasteiger partial charge >= 0.3 is 0 Å². The Morgan fingerprint density at radius 2 is 2.22 bits per heavy atom. The second kappa shape index (κ2) is 5.54. The van der Waals surface area contributed by atoms with Crippen LogP contribution >= 0.6 is 23.4 Å². The number of rotatable bonds is 3. The van der Waals surface area contributed by atoms with Crippen molar-refractivity contribution in [1.29, 1.82) is 0 Å². The highest BCUT2D eigenvalue weighted by Gasteiger charge is 2.05. The van der Waals surface area contributed by atoms with Gasteiger partial charge in [0, 0.05) is 22.5 Å². The van der Waals surface area contributed by atoms with Crippen LogP contribution in [0.5, 0.6) is 0 Å². The number of aromatic amines is 1. The van der Waals surface area contributed by atoms with Crippen molar-refractivity contribution in [3.8, 4) is 0 Å². The molecule has 0 aliphatic rings. The van der Waals surface area contributed by atoms with E-state index in [4.69, 9.17) is 11.6 Å². The number of H-pyrrole nitrogens is 1. The van der Waals surface area contributed by atoms with Crippen LogP contribution in [0.2, 0.25) is 5.02 Å². The molecule has 0 aliphatic carbocycles. The molecule has 1 heterocycles. The second-order valence-electron chi connectivity index (χ2n) is 3.72. The lowest BCUT2D eigenvalue weighted by Crippen LogP contribution is -2.08. The van der Waals surface area contributed by atoms with E-state index in [0.717, 1.165) is 0 Å². The molecule has 3 nitrogen and oxygen atoms in total. The summed E-state index contributed by atoms with van der Waals surface area (Å²) in [6, 6.07) is 5.93. The second-order valence-corrected chi connectivity index (χ2v) is 5.12. The molecule has 0 aliphatic heterocycles. The van der Waals surface area contributed by atoms with Crippen LogP contribution in [0, 0.1) is 12.7 Å². The minimum atomic E-state index is -0.356. The summed E-state index contributed by atoms with van der Waals surface area (Å²) >= 11 is 6.94. The number of nitrogens with zero attached hydrogens (tertiary/aromatic N) is 1. The van der Waals surface area contributed by atoms with Crippen molar-refractivity contribution in [3.63, 3.8) is 0 Å². The Morgan fingerprint density at radius 3 is 2.89 bits per heavy atom. The summed E-state index contributed by atoms with van der Waals surface area (Å²) in [4.78, 5) is 18.0. The van der Waals surface area contributed by atoms with Gasteiger partial charge in [0.15, 0.2) is 5.16 Å². The van der Waals surface area contributed by atoms with Crippen molar-refractivity contribution in [3.05, 3.63) is 56.7 Å². The minimum absolute atomic E-state index is 0.207. The minimum Gasteiger partial charge on any atom is -0.301 e. The van der Waals surface area contributed by atoms with Gasteiger partial charge in [-0.2, -0.15) is 0 Å². The van der Waals surface area contributed by atoms with Gasteiger partial charge in [-0.1, -0.05) is 29.4 Å². The highest BCUT2D eigenvalue weighted by molar-refractivity contribution is 7.98. The van der Waals surface area contributed by atoms with Gasteiger partial charge in [-0.15, -0.1) is 0 Å². The lowest BCUT2D eigenvalue weighted by Gasteiger charge is -2.03. The molecule has 0 unspecified atom stereocenters. The van der Waals surface area contributed by atoms with Gasteiger partial charge in [0.1, 0.15) is 5.82 Å². The normalized spacial score (nSPS) is 10.6. The van der Waals surface area contributed by atoms with E-state index in [1.54, 1.807) is 19.1 Å². The van der Waals surface area contributed by atoms with Gasteiger partial charge in [0.25, 0.3) is 5.56 Å². The van der Waals surface area contributed by atoms with Gasteiger partial charge in [-0.3, -0.25) is 4.79 Å². The van der Waals surface area contributed by atoms with Crippen LogP contribution < -0.4 is 5.56 Å². The van der Waals surface area contributed by atoms with Crippen LogP contribution in [0.4, 0.5) is 4.39 Å². The molecule has 94 valence electrons. The summed E-state index contributed by atoms with van der Waals surface area (Å²) in [6.07, 6.45) is 0. The Hall–Kier alpha value is -1.33. The molecule has 1 aromatic carbocycles. The molecule has 2 aromatic rings. The van der Waals surface area contributed by atoms with Crippen LogP contribution in [0.25, 0.3) is 0 Å². The van der Waals surface area contributed by atoms with E-state index in [1.807, 2.05) is 0 Å². The monoisotopic (exact) mass is 284 g/mol. The SMILES string of the molecule is Cc1cc(=O)[nH]c(SCc2ccc(Cl)cc2F)n1. The zero-order valence-corrected chi connectivity index (χ0v) is 11.1. The van der Waals surface area contributed by atoms with E-state index < -0.39 is 0 Å². The van der Waals surface area contributed by atoms with Crippen LogP contribution in [-0.2, 0) is 5.75 Å². The van der Waals surface area contributed by atoms with Gasteiger partial charge in [0.05, 0.1) is 0 Å². The van der Waals surface area contributed by atoms with E-state index in [2.05, 4.69) is 9.97 Å². The average molecular weight is 285 g/mol. The zero-order valence-electron chi connectivity index (χ0n) is 9.54. The Bertz CT molecular complexity index is 630. The number of hydrogen-bond donors (Lipinski definition) is 1. The van der Waals surface area contributed by atoms with Crippen molar-refractivity contribution in [2.75, 3.05) is 0 Å². The Balaban J connectivity index is 2.13. The van der Waals surface area contributed by atoms with E-state index in [0.29, 0.717) is 27.2 Å². The lowest BCUT2D eigenvalue weighted by molar-refractivity contribution is 0.617. The molecule has 1 aromatic heterocycles. The first kappa shape index (κ1) is 13.1. The van der Waals surface area contributed by atoms with E-state index in [9.17, 15) is 9.18 Å². The number of hydrogen-bond acceptors (Lipinski definition) is 3. The fourth-order valence-corrected chi connectivity index (χ4v) is 2.47. The first-order chi connectivity index (χ1) is 8.54. The fraction of sp³-hybridized carbons (Fsp3) is 0.167. The number of aromatic nitrogens is 2. The molecule has 0 saturated heterocycles. The smallest absolute Gasteiger partial charge is 0.251 e. The third-order valence-corrected chi connectivity index (χ3v) is 3.38. The predicted octanol–water partition coefficient (Wildman–Crippen LogP) is 3.16. The maximum atomic E-state index is 13.5. The summed E-state index contributed by atoms with van der Waals surface area (Å²) in [5.41, 5.74) is 0.952. The largest absolute Gasteiger partial charge is 0.301 e. The highest BCUT2D eigenvalue weighted by Crippen LogP contribution is 2.22. The average Bonchev–Trinajstić information content (AvgIpc) is 2.26. The van der Waals surface area contributed by atoms with E-state index in [-0.39, 0.29) is 11.4 Å². The highest BCUT2D eigenvalue weighted by atomic mass is 35.5. The molecule has 0 amide bonds. The third-order valence-electron chi connectivity index (χ3n) is 2.23. The van der Waals surface area contributed by atoms with Crippen LogP contribution in [0.3, 0.4) is 0 Å². The molecule has 0 spiro atoms. The number of thioether (sulfide) groups is 1. The Kier molecular flexibility index (Phi) is 4.04. The molecule has 0 radical (unpaired) electrons. The van der Waals surface area contributed by atoms with Crippen molar-refractivity contribution in [2.24, 2.45) is 0 Å². The van der Waals surface area contributed by atoms with Gasteiger partial charge < -0.3 is 4.98 Å². The molecular weight excluding hydrogens is 275 g/mol. The van der Waals surface area contributed by atoms with Gasteiger partial charge in [0.2, 0.25) is 0 Å². The fourth-order valence-electron chi connectivity index (χ4n) is 1.40. The Morgan fingerprint density at radius 1 is 1.44 bits per heavy atom. The molecular formula is C12H10ClFN2OS. The van der Waals surface area contributed by atoms with Gasteiger partial charge in [-0.25, -0.2) is 9.37 Å². The van der Waals surface area contributed by atoms with Crippen molar-refractivity contribution < 1.29 is 4.39 Å². The number of benzene rings is 1. The molecule has 0 saturated carbocycles. The Labute approximate surface area is 112 Å². The third kappa shape index (κ3) is 3.34. The predicted molar refractivity (Wildman–Crippen MR) is 70.6 cm³/mol. The summed E-state index contributed by atoms with van der Waals surface area (Å²) in [7, 11) is 0. The molecule has 0 bridgehead atoms. The van der Waals surface area contributed by atoms with Crippen molar-refractivity contribution in [1.82, 2.24) is 9.97 Å². The van der Waals surface area contributed by atoms with Crippen LogP contribution in [-0.4, -0.2) is 9.97 Å². The summed E-state index contributed by atoms with van der Waals surface area (Å²) in [5, 5.41) is 0.845. The molecule has 2 rings (SSSR count). The van der Waals surface area contributed by atoms with Crippen LogP contribution in [0.1, 0.15) is 11.3 Å². The molecule has 18 heavy (non-hydrogen) atoms. The molecule has 6 heteroatoms. The van der Waals surface area contributed by atoms with E-state index >= 15 is 0 Å². The van der Waals surface area contributed by atoms with Crippen molar-refractivity contribution in [2.45, 2.75) is 17.8 Å². The first-order valence-corrected chi connectivity index (χ1v) is 6.55. The van der Waals surface area contributed by atoms with Crippen molar-refractivity contribution >= 4 is 23.4 Å². The standard InChI is InChI=1S/C12H10ClFN2OS/c1-7-4-11(17)16-12(15-7)18-6-8-2-3-9(13)5-10(8)14/h2-5H,6H2,1H3,(H,15,16,17). The van der Waals surface area contributed by atoms with E-state index in [1.165, 1.54) is 23.9 Å². The molecule has 0 atom stereocenters. The lowest BCUT2D eigenvalue weighted by atomic mass is 10.2. The maximum absolute atomic E-state index is 13.5. The van der Waals surface area contributed by atoms with Crippen LogP contribution in [0.15, 0.2) is 34.2 Å².